The van der Waals surface area contributed by atoms with Gasteiger partial charge in [-0.1, -0.05) is 42.5 Å². The third-order valence-corrected chi connectivity index (χ3v) is 4.27. The fourth-order valence-electron chi connectivity index (χ4n) is 2.71. The van der Waals surface area contributed by atoms with Gasteiger partial charge in [-0.15, -0.1) is 0 Å². The van der Waals surface area contributed by atoms with Gasteiger partial charge in [0.05, 0.1) is 12.1 Å². The Morgan fingerprint density at radius 1 is 1.10 bits per heavy atom. The fourth-order valence-corrected chi connectivity index (χ4v) is 2.71. The molecule has 0 bridgehead atoms. The Hall–Kier alpha value is -3.88. The molecule has 0 unspecified atom stereocenters. The highest BCUT2D eigenvalue weighted by molar-refractivity contribution is 6.00. The first-order valence-corrected chi connectivity index (χ1v) is 9.31. The average molecular weight is 411 g/mol. The summed E-state index contributed by atoms with van der Waals surface area (Å²) < 4.78 is 10.5. The molecular formula is C21H21N3O6. The van der Waals surface area contributed by atoms with Crippen LogP contribution in [0.15, 0.2) is 54.6 Å². The number of nitrogens with one attached hydrogen (secondary N) is 3. The van der Waals surface area contributed by atoms with E-state index in [2.05, 4.69) is 16.0 Å². The van der Waals surface area contributed by atoms with Gasteiger partial charge in [0, 0.05) is 6.54 Å². The first kappa shape index (κ1) is 20.8. The first-order valence-electron chi connectivity index (χ1n) is 9.31. The van der Waals surface area contributed by atoms with Crippen LogP contribution in [0, 0.1) is 0 Å². The van der Waals surface area contributed by atoms with Gasteiger partial charge in [0.2, 0.25) is 0 Å². The number of carbonyl (C=O) groups excluding carboxylic acids is 4. The highest BCUT2D eigenvalue weighted by Gasteiger charge is 2.31. The number of para-hydroxylation sites is 2. The maximum absolute atomic E-state index is 12.1. The Morgan fingerprint density at radius 2 is 1.80 bits per heavy atom. The minimum absolute atomic E-state index is 0.240. The van der Waals surface area contributed by atoms with Crippen LogP contribution in [0.5, 0.6) is 5.75 Å². The van der Waals surface area contributed by atoms with Crippen LogP contribution in [0.25, 0.3) is 0 Å². The summed E-state index contributed by atoms with van der Waals surface area (Å²) in [5, 5.41) is 7.28. The van der Waals surface area contributed by atoms with E-state index in [0.29, 0.717) is 11.4 Å². The number of amides is 4. The molecule has 1 heterocycles. The third-order valence-electron chi connectivity index (χ3n) is 4.27. The topological polar surface area (TPSA) is 123 Å². The lowest BCUT2D eigenvalue weighted by Crippen LogP contribution is -2.45. The lowest BCUT2D eigenvalue weighted by molar-refractivity contribution is -0.157. The van der Waals surface area contributed by atoms with Crippen molar-refractivity contribution in [2.75, 3.05) is 5.32 Å². The average Bonchev–Trinajstić information content (AvgIpc) is 2.73. The molecule has 2 aromatic rings. The largest absolute Gasteiger partial charge is 0.478 e. The van der Waals surface area contributed by atoms with Gasteiger partial charge in [-0.05, 0) is 24.6 Å². The molecule has 4 amide bonds. The molecule has 1 aliphatic heterocycles. The zero-order chi connectivity index (χ0) is 21.5. The molecular weight excluding hydrogens is 390 g/mol. The Labute approximate surface area is 172 Å². The van der Waals surface area contributed by atoms with Gasteiger partial charge in [-0.25, -0.2) is 4.79 Å². The highest BCUT2D eigenvalue weighted by Crippen LogP contribution is 2.29. The normalized spacial score (nSPS) is 15.6. The van der Waals surface area contributed by atoms with Crippen LogP contribution in [-0.2, 0) is 25.7 Å². The molecule has 0 saturated heterocycles. The standard InChI is InChI=1S/C21H21N3O6/c1-13(19(26)24-21(28)22-12-14-7-3-2-4-8-14)29-18(25)11-17-20(27)23-15-9-5-6-10-16(15)30-17/h2-10,13,17H,11-12H2,1H3,(H,23,27)(H2,22,24,26,28)/t13-,17-/m0/s1. The number of hydrogen-bond acceptors (Lipinski definition) is 6. The summed E-state index contributed by atoms with van der Waals surface area (Å²) in [7, 11) is 0. The molecule has 3 N–H and O–H groups in total. The summed E-state index contributed by atoms with van der Waals surface area (Å²) in [5.74, 6) is -1.63. The van der Waals surface area contributed by atoms with Crippen LogP contribution in [0.4, 0.5) is 10.5 Å². The summed E-state index contributed by atoms with van der Waals surface area (Å²) in [4.78, 5) is 48.1. The molecule has 0 spiro atoms. The van der Waals surface area contributed by atoms with Gasteiger partial charge < -0.3 is 20.1 Å². The van der Waals surface area contributed by atoms with E-state index in [9.17, 15) is 19.2 Å². The number of rotatable bonds is 6. The number of urea groups is 1. The van der Waals surface area contributed by atoms with Crippen molar-refractivity contribution in [3.05, 3.63) is 60.2 Å². The molecule has 0 aromatic heterocycles. The van der Waals surface area contributed by atoms with Crippen molar-refractivity contribution < 1.29 is 28.7 Å². The molecule has 2 aromatic carbocycles. The van der Waals surface area contributed by atoms with Gasteiger partial charge in [-0.2, -0.15) is 0 Å². The van der Waals surface area contributed by atoms with Crippen LogP contribution in [-0.4, -0.2) is 36.0 Å². The second-order valence-electron chi connectivity index (χ2n) is 6.59. The summed E-state index contributed by atoms with van der Waals surface area (Å²) in [6.45, 7) is 1.57. The Morgan fingerprint density at radius 3 is 2.57 bits per heavy atom. The van der Waals surface area contributed by atoms with E-state index in [0.717, 1.165) is 5.56 Å². The number of fused-ring (bicyclic) bond motifs is 1. The van der Waals surface area contributed by atoms with E-state index in [4.69, 9.17) is 9.47 Å². The number of hydrogen-bond donors (Lipinski definition) is 3. The second-order valence-corrected chi connectivity index (χ2v) is 6.59. The Balaban J connectivity index is 1.44. The molecule has 9 nitrogen and oxygen atoms in total. The number of anilines is 1. The van der Waals surface area contributed by atoms with Gasteiger partial charge in [0.25, 0.3) is 11.8 Å². The number of esters is 1. The third kappa shape index (κ3) is 5.57. The van der Waals surface area contributed by atoms with E-state index in [-0.39, 0.29) is 13.0 Å². The zero-order valence-corrected chi connectivity index (χ0v) is 16.2. The van der Waals surface area contributed by atoms with E-state index >= 15 is 0 Å². The van der Waals surface area contributed by atoms with Crippen molar-refractivity contribution in [3.8, 4) is 5.75 Å². The minimum Gasteiger partial charge on any atom is -0.478 e. The van der Waals surface area contributed by atoms with E-state index in [1.165, 1.54) is 6.92 Å². The van der Waals surface area contributed by atoms with Crippen LogP contribution in [0.2, 0.25) is 0 Å². The molecule has 9 heteroatoms. The molecule has 0 saturated carbocycles. The first-order chi connectivity index (χ1) is 14.4. The number of imide groups is 1. The Bertz CT molecular complexity index is 947. The molecule has 156 valence electrons. The molecule has 0 fully saturated rings. The molecule has 2 atom stereocenters. The van der Waals surface area contributed by atoms with Gasteiger partial charge in [0.1, 0.15) is 5.75 Å². The van der Waals surface area contributed by atoms with Crippen LogP contribution in [0.1, 0.15) is 18.9 Å². The quantitative estimate of drug-likeness (QED) is 0.622. The van der Waals surface area contributed by atoms with Crippen molar-refractivity contribution in [1.29, 1.82) is 0 Å². The smallest absolute Gasteiger partial charge is 0.321 e. The predicted molar refractivity (Wildman–Crippen MR) is 106 cm³/mol. The second kappa shape index (κ2) is 9.55. The Kier molecular flexibility index (Phi) is 6.63. The van der Waals surface area contributed by atoms with E-state index < -0.39 is 36.0 Å². The number of carbonyl (C=O) groups is 4. The predicted octanol–water partition coefficient (Wildman–Crippen LogP) is 1.73. The lowest BCUT2D eigenvalue weighted by Gasteiger charge is -2.25. The van der Waals surface area contributed by atoms with Crippen molar-refractivity contribution in [2.45, 2.75) is 32.1 Å². The number of benzene rings is 2. The maximum atomic E-state index is 12.1. The lowest BCUT2D eigenvalue weighted by atomic mass is 10.1. The van der Waals surface area contributed by atoms with Gasteiger partial charge in [-0.3, -0.25) is 19.7 Å². The summed E-state index contributed by atoms with van der Waals surface area (Å²) in [5.41, 5.74) is 1.38. The van der Waals surface area contributed by atoms with Crippen molar-refractivity contribution >= 4 is 29.5 Å². The molecule has 3 rings (SSSR count). The van der Waals surface area contributed by atoms with Crippen LogP contribution >= 0.6 is 0 Å². The zero-order valence-electron chi connectivity index (χ0n) is 16.2. The molecule has 1 aliphatic rings. The molecule has 0 radical (unpaired) electrons. The van der Waals surface area contributed by atoms with E-state index in [1.807, 2.05) is 30.3 Å². The summed E-state index contributed by atoms with van der Waals surface area (Å²) in [6.07, 6.45) is -2.67. The van der Waals surface area contributed by atoms with Crippen molar-refractivity contribution in [1.82, 2.24) is 10.6 Å². The molecule has 30 heavy (non-hydrogen) atoms. The van der Waals surface area contributed by atoms with Gasteiger partial charge in [0.15, 0.2) is 12.2 Å². The maximum Gasteiger partial charge on any atom is 0.321 e. The molecule has 0 aliphatic carbocycles. The summed E-state index contributed by atoms with van der Waals surface area (Å²) >= 11 is 0. The van der Waals surface area contributed by atoms with Gasteiger partial charge >= 0.3 is 12.0 Å². The van der Waals surface area contributed by atoms with Crippen LogP contribution in [0.3, 0.4) is 0 Å². The number of ether oxygens (including phenoxy) is 2. The minimum atomic E-state index is -1.22. The SMILES string of the molecule is C[C@H](OC(=O)C[C@@H]1Oc2ccccc2NC1=O)C(=O)NC(=O)NCc1ccccc1. The van der Waals surface area contributed by atoms with E-state index in [1.54, 1.807) is 24.3 Å². The van der Waals surface area contributed by atoms with Crippen molar-refractivity contribution in [2.24, 2.45) is 0 Å². The van der Waals surface area contributed by atoms with Crippen molar-refractivity contribution in [3.63, 3.8) is 0 Å². The summed E-state index contributed by atoms with van der Waals surface area (Å²) in [6, 6.07) is 15.3. The monoisotopic (exact) mass is 411 g/mol. The fraction of sp³-hybridized carbons (Fsp3) is 0.238. The van der Waals surface area contributed by atoms with Crippen LogP contribution < -0.4 is 20.7 Å². The highest BCUT2D eigenvalue weighted by atomic mass is 16.6.